The lowest BCUT2D eigenvalue weighted by atomic mass is 10.2. The predicted octanol–water partition coefficient (Wildman–Crippen LogP) is 2.02. The average Bonchev–Trinajstić information content (AvgIpc) is 2.77. The van der Waals surface area contributed by atoms with E-state index in [9.17, 15) is 9.59 Å². The molecule has 0 bridgehead atoms. The van der Waals surface area contributed by atoms with Gasteiger partial charge in [-0.2, -0.15) is 5.10 Å². The van der Waals surface area contributed by atoms with Crippen molar-refractivity contribution in [1.29, 1.82) is 0 Å². The second-order valence-electron chi connectivity index (χ2n) is 4.41. The van der Waals surface area contributed by atoms with E-state index in [0.29, 0.717) is 5.69 Å². The number of aliphatic carboxylic acids is 1. The van der Waals surface area contributed by atoms with E-state index in [4.69, 9.17) is 9.84 Å². The number of ether oxygens (including phenoxy) is 1. The van der Waals surface area contributed by atoms with Gasteiger partial charge in [-0.05, 0) is 12.5 Å². The highest BCUT2D eigenvalue weighted by molar-refractivity contribution is 5.83. The minimum absolute atomic E-state index is 0.154. The third-order valence-corrected chi connectivity index (χ3v) is 2.71. The molecular weight excluding hydrogens is 274 g/mol. The summed E-state index contributed by atoms with van der Waals surface area (Å²) in [5.74, 6) is -0.744. The Morgan fingerprint density at radius 3 is 2.71 bits per heavy atom. The molecule has 0 atom stereocenters. The fourth-order valence-corrected chi connectivity index (χ4v) is 1.72. The summed E-state index contributed by atoms with van der Waals surface area (Å²) in [6, 6.07) is 10.9. The summed E-state index contributed by atoms with van der Waals surface area (Å²) in [4.78, 5) is 22.3. The van der Waals surface area contributed by atoms with E-state index in [0.717, 1.165) is 5.56 Å². The van der Waals surface area contributed by atoms with Gasteiger partial charge >= 0.3 is 12.1 Å². The first-order valence-electron chi connectivity index (χ1n) is 6.28. The molecule has 21 heavy (non-hydrogen) atoms. The highest BCUT2D eigenvalue weighted by atomic mass is 16.5. The molecule has 0 unspecified atom stereocenters. The van der Waals surface area contributed by atoms with Crippen molar-refractivity contribution >= 4 is 17.9 Å². The van der Waals surface area contributed by atoms with E-state index >= 15 is 0 Å². The van der Waals surface area contributed by atoms with Gasteiger partial charge in [-0.3, -0.25) is 14.8 Å². The first-order chi connectivity index (χ1) is 10.0. The summed E-state index contributed by atoms with van der Waals surface area (Å²) in [6.45, 7) is 1.60. The Bertz CT molecular complexity index is 637. The minimum atomic E-state index is -1.00. The van der Waals surface area contributed by atoms with Crippen LogP contribution >= 0.6 is 0 Å². The second kappa shape index (κ2) is 6.56. The number of carboxylic acid groups (broad SMARTS) is 1. The zero-order valence-electron chi connectivity index (χ0n) is 11.4. The number of aryl methyl sites for hydroxylation is 1. The molecule has 7 nitrogen and oxygen atoms in total. The molecule has 1 amide bonds. The minimum Gasteiger partial charge on any atom is -0.480 e. The van der Waals surface area contributed by atoms with Crippen LogP contribution in [0.2, 0.25) is 0 Å². The Kier molecular flexibility index (Phi) is 4.55. The Labute approximate surface area is 121 Å². The molecule has 0 aliphatic carbocycles. The Hall–Kier alpha value is -2.83. The van der Waals surface area contributed by atoms with Crippen molar-refractivity contribution in [3.05, 3.63) is 47.7 Å². The van der Waals surface area contributed by atoms with Gasteiger partial charge in [-0.1, -0.05) is 30.3 Å². The second-order valence-corrected chi connectivity index (χ2v) is 4.41. The van der Waals surface area contributed by atoms with Gasteiger partial charge in [0.15, 0.2) is 5.82 Å². The number of aromatic nitrogens is 2. The van der Waals surface area contributed by atoms with E-state index in [2.05, 4.69) is 10.4 Å². The topological polar surface area (TPSA) is 93.5 Å². The maximum absolute atomic E-state index is 11.6. The molecule has 1 aromatic heterocycles. The van der Waals surface area contributed by atoms with E-state index in [1.165, 1.54) is 4.68 Å². The smallest absolute Gasteiger partial charge is 0.413 e. The van der Waals surface area contributed by atoms with Gasteiger partial charge in [0, 0.05) is 11.8 Å². The number of amides is 1. The number of nitrogens with zero attached hydrogens (tertiary/aromatic N) is 2. The summed E-state index contributed by atoms with van der Waals surface area (Å²) in [5.41, 5.74) is 1.51. The molecule has 0 spiro atoms. The summed E-state index contributed by atoms with van der Waals surface area (Å²) in [7, 11) is 0. The highest BCUT2D eigenvalue weighted by Gasteiger charge is 2.10. The van der Waals surface area contributed by atoms with Crippen LogP contribution in [0.1, 0.15) is 11.3 Å². The number of hydrogen-bond donors (Lipinski definition) is 2. The third kappa shape index (κ3) is 4.34. The maximum atomic E-state index is 11.6. The molecule has 2 rings (SSSR count). The quantitative estimate of drug-likeness (QED) is 0.878. The van der Waals surface area contributed by atoms with Crippen LogP contribution in [0.3, 0.4) is 0 Å². The molecule has 2 N–H and O–H groups in total. The van der Waals surface area contributed by atoms with E-state index in [1.54, 1.807) is 13.0 Å². The Morgan fingerprint density at radius 1 is 1.33 bits per heavy atom. The molecule has 1 aromatic carbocycles. The maximum Gasteiger partial charge on any atom is 0.413 e. The molecule has 0 aliphatic heterocycles. The van der Waals surface area contributed by atoms with Crippen molar-refractivity contribution in [3.8, 4) is 0 Å². The fourth-order valence-electron chi connectivity index (χ4n) is 1.72. The van der Waals surface area contributed by atoms with Crippen molar-refractivity contribution in [2.24, 2.45) is 0 Å². The van der Waals surface area contributed by atoms with Crippen molar-refractivity contribution in [1.82, 2.24) is 9.78 Å². The number of anilines is 1. The molecule has 7 heteroatoms. The van der Waals surface area contributed by atoms with Crippen LogP contribution in [-0.2, 0) is 22.7 Å². The molecule has 0 saturated carbocycles. The lowest BCUT2D eigenvalue weighted by Crippen LogP contribution is -2.15. The summed E-state index contributed by atoms with van der Waals surface area (Å²) >= 11 is 0. The van der Waals surface area contributed by atoms with Crippen LogP contribution in [0, 0.1) is 6.92 Å². The number of carbonyl (C=O) groups excluding carboxylic acids is 1. The van der Waals surface area contributed by atoms with Crippen LogP contribution < -0.4 is 5.32 Å². The highest BCUT2D eigenvalue weighted by Crippen LogP contribution is 2.09. The zero-order chi connectivity index (χ0) is 15.2. The Morgan fingerprint density at radius 2 is 2.05 bits per heavy atom. The molecule has 110 valence electrons. The molecular formula is C14H15N3O4. The van der Waals surface area contributed by atoms with Gasteiger partial charge in [-0.15, -0.1) is 0 Å². The molecule has 0 fully saturated rings. The fraction of sp³-hybridized carbons (Fsp3) is 0.214. The monoisotopic (exact) mass is 289 g/mol. The van der Waals surface area contributed by atoms with E-state index < -0.39 is 12.1 Å². The molecule has 1 heterocycles. The number of nitrogens with one attached hydrogen (secondary N) is 1. The number of benzene rings is 1. The van der Waals surface area contributed by atoms with Crippen molar-refractivity contribution in [2.75, 3.05) is 5.32 Å². The van der Waals surface area contributed by atoms with Crippen molar-refractivity contribution < 1.29 is 19.4 Å². The van der Waals surface area contributed by atoms with Crippen molar-refractivity contribution in [2.45, 2.75) is 20.1 Å². The first kappa shape index (κ1) is 14.6. The van der Waals surface area contributed by atoms with Crippen LogP contribution in [0.5, 0.6) is 0 Å². The SMILES string of the molecule is Cc1cc(NC(=O)OCc2ccccc2)nn1CC(=O)O. The average molecular weight is 289 g/mol. The summed E-state index contributed by atoms with van der Waals surface area (Å²) in [6.07, 6.45) is -0.640. The van der Waals surface area contributed by atoms with E-state index in [-0.39, 0.29) is 19.0 Å². The van der Waals surface area contributed by atoms with Crippen molar-refractivity contribution in [3.63, 3.8) is 0 Å². The van der Waals surface area contributed by atoms with Gasteiger partial charge in [0.1, 0.15) is 13.2 Å². The van der Waals surface area contributed by atoms with Gasteiger partial charge in [0.05, 0.1) is 0 Å². The number of carboxylic acids is 1. The number of rotatable bonds is 5. The normalized spacial score (nSPS) is 10.1. The standard InChI is InChI=1S/C14H15N3O4/c1-10-7-12(16-17(10)8-13(18)19)15-14(20)21-9-11-5-3-2-4-6-11/h2-7H,8-9H2,1H3,(H,18,19)(H,15,16,20). The van der Waals surface area contributed by atoms with Crippen LogP contribution in [0.15, 0.2) is 36.4 Å². The summed E-state index contributed by atoms with van der Waals surface area (Å²) in [5, 5.41) is 15.1. The summed E-state index contributed by atoms with van der Waals surface area (Å²) < 4.78 is 6.33. The molecule has 0 radical (unpaired) electrons. The molecule has 2 aromatic rings. The van der Waals surface area contributed by atoms with Crippen LogP contribution in [-0.4, -0.2) is 26.9 Å². The van der Waals surface area contributed by atoms with Gasteiger partial charge < -0.3 is 9.84 Å². The third-order valence-electron chi connectivity index (χ3n) is 2.71. The van der Waals surface area contributed by atoms with Gasteiger partial charge in [0.25, 0.3) is 0 Å². The van der Waals surface area contributed by atoms with Gasteiger partial charge in [0.2, 0.25) is 0 Å². The number of carbonyl (C=O) groups is 2. The van der Waals surface area contributed by atoms with Gasteiger partial charge in [-0.25, -0.2) is 4.79 Å². The Balaban J connectivity index is 1.89. The lowest BCUT2D eigenvalue weighted by Gasteiger charge is -2.04. The number of hydrogen-bond acceptors (Lipinski definition) is 4. The molecule has 0 aliphatic rings. The first-order valence-corrected chi connectivity index (χ1v) is 6.28. The van der Waals surface area contributed by atoms with Crippen LogP contribution in [0.25, 0.3) is 0 Å². The zero-order valence-corrected chi connectivity index (χ0v) is 11.4. The van der Waals surface area contributed by atoms with E-state index in [1.807, 2.05) is 30.3 Å². The molecule has 0 saturated heterocycles. The predicted molar refractivity (Wildman–Crippen MR) is 74.8 cm³/mol. The largest absolute Gasteiger partial charge is 0.480 e. The lowest BCUT2D eigenvalue weighted by molar-refractivity contribution is -0.137. The van der Waals surface area contributed by atoms with Crippen LogP contribution in [0.4, 0.5) is 10.6 Å².